The molecule has 0 aromatic rings. The third kappa shape index (κ3) is 7.66. The Morgan fingerprint density at radius 2 is 2.14 bits per heavy atom. The second kappa shape index (κ2) is 5.69. The van der Waals surface area contributed by atoms with Crippen LogP contribution >= 0.6 is 0 Å². The van der Waals surface area contributed by atoms with E-state index in [9.17, 15) is 18.0 Å². The van der Waals surface area contributed by atoms with Gasteiger partial charge in [-0.1, -0.05) is 0 Å². The third-order valence-electron chi connectivity index (χ3n) is 1.23. The predicted octanol–water partition coefficient (Wildman–Crippen LogP) is 1.05. The molecule has 0 saturated heterocycles. The van der Waals surface area contributed by atoms with Crippen LogP contribution in [0.25, 0.3) is 0 Å². The van der Waals surface area contributed by atoms with Gasteiger partial charge < -0.3 is 15.2 Å². The lowest BCUT2D eigenvalue weighted by Gasteiger charge is -2.15. The summed E-state index contributed by atoms with van der Waals surface area (Å²) in [5.41, 5.74) is 0. The summed E-state index contributed by atoms with van der Waals surface area (Å²) >= 11 is 0. The van der Waals surface area contributed by atoms with Gasteiger partial charge in [0.25, 0.3) is 0 Å². The summed E-state index contributed by atoms with van der Waals surface area (Å²) < 4.78 is 39.6. The van der Waals surface area contributed by atoms with E-state index in [0.717, 1.165) is 0 Å². The number of aliphatic hydroxyl groups is 1. The van der Waals surface area contributed by atoms with Crippen molar-refractivity contribution in [2.75, 3.05) is 13.2 Å². The largest absolute Gasteiger partial charge is 0.447 e. The zero-order valence-corrected chi connectivity index (χ0v) is 7.60. The first-order chi connectivity index (χ1) is 6.35. The number of alkyl carbamates (subject to hydrolysis) is 1. The lowest BCUT2D eigenvalue weighted by atomic mass is 10.2. The monoisotopic (exact) mass is 215 g/mol. The van der Waals surface area contributed by atoms with Crippen LogP contribution < -0.4 is 5.32 Å². The molecule has 0 saturated carbocycles. The number of rotatable bonds is 4. The van der Waals surface area contributed by atoms with Crippen molar-refractivity contribution in [1.82, 2.24) is 5.32 Å². The van der Waals surface area contributed by atoms with Gasteiger partial charge in [0.05, 0.1) is 13.0 Å². The van der Waals surface area contributed by atoms with E-state index in [0.29, 0.717) is 0 Å². The van der Waals surface area contributed by atoms with Crippen LogP contribution in [0.2, 0.25) is 0 Å². The molecular weight excluding hydrogens is 203 g/mol. The Balaban J connectivity index is 3.71. The Morgan fingerprint density at radius 1 is 1.57 bits per heavy atom. The Morgan fingerprint density at radius 3 is 2.57 bits per heavy atom. The summed E-state index contributed by atoms with van der Waals surface area (Å²) in [5, 5.41) is 10.2. The highest BCUT2D eigenvalue weighted by Crippen LogP contribution is 2.21. The average Bonchev–Trinajstić information content (AvgIpc) is 1.96. The van der Waals surface area contributed by atoms with E-state index < -0.39 is 24.7 Å². The van der Waals surface area contributed by atoms with Crippen molar-refractivity contribution in [2.24, 2.45) is 0 Å². The number of halogens is 3. The first-order valence-corrected chi connectivity index (χ1v) is 3.96. The number of ether oxygens (including phenoxy) is 1. The number of hydrogen-bond donors (Lipinski definition) is 2. The minimum absolute atomic E-state index is 0.232. The van der Waals surface area contributed by atoms with Crippen molar-refractivity contribution in [2.45, 2.75) is 25.6 Å². The minimum Gasteiger partial charge on any atom is -0.447 e. The highest BCUT2D eigenvalue weighted by Gasteiger charge is 2.30. The van der Waals surface area contributed by atoms with E-state index in [1.54, 1.807) is 0 Å². The summed E-state index contributed by atoms with van der Waals surface area (Å²) in [5.74, 6) is 0. The highest BCUT2D eigenvalue weighted by atomic mass is 19.4. The Hall–Kier alpha value is -0.980. The summed E-state index contributed by atoms with van der Waals surface area (Å²) in [6.45, 7) is 0.624. The van der Waals surface area contributed by atoms with Gasteiger partial charge in [-0.05, 0) is 6.92 Å². The lowest BCUT2D eigenvalue weighted by molar-refractivity contribution is -0.138. The van der Waals surface area contributed by atoms with E-state index in [1.807, 2.05) is 5.32 Å². The summed E-state index contributed by atoms with van der Waals surface area (Å²) in [4.78, 5) is 10.7. The molecule has 1 amide bonds. The molecule has 7 heteroatoms. The maximum Gasteiger partial charge on any atom is 0.407 e. The van der Waals surface area contributed by atoms with Crippen LogP contribution in [-0.2, 0) is 4.74 Å². The quantitative estimate of drug-likeness (QED) is 0.736. The molecule has 0 radical (unpaired) electrons. The second-order valence-corrected chi connectivity index (χ2v) is 2.72. The fraction of sp³-hybridized carbons (Fsp3) is 0.857. The third-order valence-corrected chi connectivity index (χ3v) is 1.23. The van der Waals surface area contributed by atoms with Gasteiger partial charge in [-0.2, -0.15) is 13.2 Å². The fourth-order valence-electron chi connectivity index (χ4n) is 0.779. The minimum atomic E-state index is -4.32. The second-order valence-electron chi connectivity index (χ2n) is 2.72. The number of alkyl halides is 3. The van der Waals surface area contributed by atoms with Crippen molar-refractivity contribution < 1.29 is 27.8 Å². The molecule has 0 aromatic carbocycles. The number of amides is 1. The molecule has 0 heterocycles. The van der Waals surface area contributed by atoms with E-state index in [-0.39, 0.29) is 13.2 Å². The number of nitrogens with one attached hydrogen (secondary N) is 1. The molecular formula is C7H12F3NO3. The summed E-state index contributed by atoms with van der Waals surface area (Å²) in [7, 11) is 0. The maximum atomic E-state index is 11.8. The van der Waals surface area contributed by atoms with Gasteiger partial charge >= 0.3 is 12.3 Å². The zero-order chi connectivity index (χ0) is 11.2. The average molecular weight is 215 g/mol. The van der Waals surface area contributed by atoms with Crippen LogP contribution in [0.4, 0.5) is 18.0 Å². The van der Waals surface area contributed by atoms with Crippen LogP contribution in [0.1, 0.15) is 13.3 Å². The van der Waals surface area contributed by atoms with Gasteiger partial charge in [0.15, 0.2) is 0 Å². The van der Waals surface area contributed by atoms with Crippen LogP contribution in [0, 0.1) is 0 Å². The van der Waals surface area contributed by atoms with E-state index in [4.69, 9.17) is 5.11 Å². The van der Waals surface area contributed by atoms with Crippen molar-refractivity contribution >= 4 is 6.09 Å². The van der Waals surface area contributed by atoms with E-state index >= 15 is 0 Å². The molecule has 0 aliphatic heterocycles. The topological polar surface area (TPSA) is 58.6 Å². The van der Waals surface area contributed by atoms with Crippen LogP contribution in [0.5, 0.6) is 0 Å². The zero-order valence-electron chi connectivity index (χ0n) is 7.60. The molecule has 0 fully saturated rings. The van der Waals surface area contributed by atoms with E-state index in [1.165, 1.54) is 6.92 Å². The molecule has 0 rings (SSSR count). The standard InChI is InChI=1S/C7H12F3NO3/c1-5(4-7(8,9)10)11-6(13)14-3-2-12/h5,12H,2-4H2,1H3,(H,11,13). The van der Waals surface area contributed by atoms with Crippen LogP contribution in [-0.4, -0.2) is 36.6 Å². The van der Waals surface area contributed by atoms with Gasteiger partial charge in [0.1, 0.15) is 6.61 Å². The fourth-order valence-corrected chi connectivity index (χ4v) is 0.779. The molecule has 4 nitrogen and oxygen atoms in total. The van der Waals surface area contributed by atoms with Crippen molar-refractivity contribution in [1.29, 1.82) is 0 Å². The van der Waals surface area contributed by atoms with Crippen molar-refractivity contribution in [3.8, 4) is 0 Å². The van der Waals surface area contributed by atoms with Crippen LogP contribution in [0.3, 0.4) is 0 Å². The molecule has 0 aromatic heterocycles. The number of carbonyl (C=O) groups excluding carboxylic acids is 1. The molecule has 0 aliphatic rings. The lowest BCUT2D eigenvalue weighted by Crippen LogP contribution is -2.36. The first kappa shape index (κ1) is 13.0. The van der Waals surface area contributed by atoms with E-state index in [2.05, 4.69) is 4.74 Å². The van der Waals surface area contributed by atoms with Crippen LogP contribution in [0.15, 0.2) is 0 Å². The molecule has 1 atom stereocenters. The molecule has 2 N–H and O–H groups in total. The maximum absolute atomic E-state index is 11.8. The Bertz CT molecular complexity index is 184. The van der Waals surface area contributed by atoms with Gasteiger partial charge in [-0.25, -0.2) is 4.79 Å². The van der Waals surface area contributed by atoms with Gasteiger partial charge in [-0.3, -0.25) is 0 Å². The molecule has 1 unspecified atom stereocenters. The van der Waals surface area contributed by atoms with Crippen molar-refractivity contribution in [3.05, 3.63) is 0 Å². The first-order valence-electron chi connectivity index (χ1n) is 3.96. The highest BCUT2D eigenvalue weighted by molar-refractivity contribution is 5.67. The van der Waals surface area contributed by atoms with Gasteiger partial charge in [0.2, 0.25) is 0 Å². The molecule has 84 valence electrons. The SMILES string of the molecule is CC(CC(F)(F)F)NC(=O)OCCO. The predicted molar refractivity (Wildman–Crippen MR) is 41.7 cm³/mol. The van der Waals surface area contributed by atoms with Gasteiger partial charge in [0, 0.05) is 6.04 Å². The smallest absolute Gasteiger partial charge is 0.407 e. The van der Waals surface area contributed by atoms with Gasteiger partial charge in [-0.15, -0.1) is 0 Å². The van der Waals surface area contributed by atoms with Crippen molar-refractivity contribution in [3.63, 3.8) is 0 Å². The summed E-state index contributed by atoms with van der Waals surface area (Å²) in [6.07, 6.45) is -6.39. The molecule has 0 spiro atoms. The Kier molecular flexibility index (Phi) is 5.29. The molecule has 14 heavy (non-hydrogen) atoms. The Labute approximate surface area is 79.0 Å². The number of carbonyl (C=O) groups is 1. The number of hydrogen-bond acceptors (Lipinski definition) is 3. The molecule has 0 bridgehead atoms. The summed E-state index contributed by atoms with van der Waals surface area (Å²) in [6, 6.07) is -1.04. The number of aliphatic hydroxyl groups excluding tert-OH is 1. The normalized spacial score (nSPS) is 13.5. The molecule has 0 aliphatic carbocycles.